The third-order valence-corrected chi connectivity index (χ3v) is 6.25. The van der Waals surface area contributed by atoms with Gasteiger partial charge in [-0.05, 0) is 55.7 Å². The molecule has 0 amide bonds. The maximum absolute atomic E-state index is 13.9. The predicted molar refractivity (Wildman–Crippen MR) is 136 cm³/mol. The van der Waals surface area contributed by atoms with Gasteiger partial charge in [0.15, 0.2) is 5.82 Å². The monoisotopic (exact) mass is 517 g/mol. The molecule has 198 valence electrons. The van der Waals surface area contributed by atoms with Crippen LogP contribution >= 0.6 is 0 Å². The molecule has 1 aliphatic rings. The van der Waals surface area contributed by atoms with E-state index in [-0.39, 0.29) is 11.6 Å². The fraction of sp³-hybridized carbons (Fsp3) is 0.462. The van der Waals surface area contributed by atoms with Gasteiger partial charge in [-0.15, -0.1) is 0 Å². The van der Waals surface area contributed by atoms with E-state index in [1.807, 2.05) is 4.90 Å². The highest BCUT2D eigenvalue weighted by atomic mass is 19.4. The summed E-state index contributed by atoms with van der Waals surface area (Å²) < 4.78 is 54.5. The molecule has 1 aliphatic heterocycles. The molecule has 0 N–H and O–H groups in total. The number of aryl methyl sites for hydroxylation is 1. The van der Waals surface area contributed by atoms with E-state index in [0.29, 0.717) is 55.0 Å². The van der Waals surface area contributed by atoms with Crippen molar-refractivity contribution in [2.24, 2.45) is 0 Å². The van der Waals surface area contributed by atoms with Crippen LogP contribution < -0.4 is 14.7 Å². The lowest BCUT2D eigenvalue weighted by Gasteiger charge is -2.36. The predicted octanol–water partition coefficient (Wildman–Crippen LogP) is 5.35. The van der Waals surface area contributed by atoms with Crippen LogP contribution in [0.3, 0.4) is 0 Å². The standard InChI is InChI=1S/C26H31F4N7/c1-4-11-36(12-5-2)24-32-22(19-8-9-21(27)18(3)17-19)33-25(34-24)37-15-13-35(14-16-37)23-20(26(28,29)30)7-6-10-31-23/h6-10,17H,4-5,11-16H2,1-3H3. The Morgan fingerprint density at radius 3 is 2.22 bits per heavy atom. The maximum atomic E-state index is 13.9. The zero-order valence-corrected chi connectivity index (χ0v) is 21.3. The van der Waals surface area contributed by atoms with Gasteiger partial charge in [0, 0.05) is 51.0 Å². The van der Waals surface area contributed by atoms with Crippen molar-refractivity contribution in [2.45, 2.75) is 39.8 Å². The van der Waals surface area contributed by atoms with Crippen molar-refractivity contribution < 1.29 is 17.6 Å². The number of benzene rings is 1. The number of nitrogens with zero attached hydrogens (tertiary/aromatic N) is 7. The SMILES string of the molecule is CCCN(CCC)c1nc(-c2ccc(F)c(C)c2)nc(N2CCN(c3ncccc3C(F)(F)F)CC2)n1. The molecule has 7 nitrogen and oxygen atoms in total. The normalized spacial score (nSPS) is 14.2. The molecule has 0 atom stereocenters. The van der Waals surface area contributed by atoms with Gasteiger partial charge in [0.2, 0.25) is 11.9 Å². The molecule has 2 aromatic heterocycles. The Bertz CT molecular complexity index is 1200. The second-order valence-corrected chi connectivity index (χ2v) is 9.06. The summed E-state index contributed by atoms with van der Waals surface area (Å²) in [6.07, 6.45) is -1.27. The highest BCUT2D eigenvalue weighted by Crippen LogP contribution is 2.35. The van der Waals surface area contributed by atoms with Gasteiger partial charge in [-0.3, -0.25) is 0 Å². The fourth-order valence-electron chi connectivity index (χ4n) is 4.39. The van der Waals surface area contributed by atoms with E-state index in [2.05, 4.69) is 23.7 Å². The van der Waals surface area contributed by atoms with Crippen LogP contribution in [0.1, 0.15) is 37.8 Å². The average molecular weight is 518 g/mol. The highest BCUT2D eigenvalue weighted by molar-refractivity contribution is 5.60. The van der Waals surface area contributed by atoms with Gasteiger partial charge < -0.3 is 14.7 Å². The van der Waals surface area contributed by atoms with Gasteiger partial charge in [0.25, 0.3) is 0 Å². The minimum atomic E-state index is -4.48. The minimum Gasteiger partial charge on any atom is -0.353 e. The second kappa shape index (κ2) is 11.3. The van der Waals surface area contributed by atoms with Crippen molar-refractivity contribution in [1.82, 2.24) is 19.9 Å². The minimum absolute atomic E-state index is 0.0643. The molecule has 0 bridgehead atoms. The number of piperazine rings is 1. The smallest absolute Gasteiger partial charge is 0.353 e. The van der Waals surface area contributed by atoms with E-state index in [1.54, 1.807) is 24.0 Å². The average Bonchev–Trinajstić information content (AvgIpc) is 2.89. The first kappa shape index (κ1) is 26.6. The van der Waals surface area contributed by atoms with Crippen molar-refractivity contribution in [2.75, 3.05) is 54.0 Å². The first-order valence-corrected chi connectivity index (χ1v) is 12.5. The van der Waals surface area contributed by atoms with Crippen LogP contribution in [0.2, 0.25) is 0 Å². The number of halogens is 4. The van der Waals surface area contributed by atoms with E-state index < -0.39 is 11.7 Å². The highest BCUT2D eigenvalue weighted by Gasteiger charge is 2.36. The van der Waals surface area contributed by atoms with Crippen molar-refractivity contribution >= 4 is 17.7 Å². The maximum Gasteiger partial charge on any atom is 0.419 e. The van der Waals surface area contributed by atoms with Gasteiger partial charge in [-0.2, -0.15) is 28.1 Å². The van der Waals surface area contributed by atoms with Gasteiger partial charge in [-0.25, -0.2) is 9.37 Å². The van der Waals surface area contributed by atoms with E-state index >= 15 is 0 Å². The summed E-state index contributed by atoms with van der Waals surface area (Å²) in [6, 6.07) is 7.10. The molecule has 3 heterocycles. The number of hydrogen-bond acceptors (Lipinski definition) is 7. The Hall–Kier alpha value is -3.50. The lowest BCUT2D eigenvalue weighted by atomic mass is 10.1. The first-order chi connectivity index (χ1) is 17.7. The quantitative estimate of drug-likeness (QED) is 0.373. The van der Waals surface area contributed by atoms with Gasteiger partial charge in [0.1, 0.15) is 11.6 Å². The number of pyridine rings is 1. The number of anilines is 3. The summed E-state index contributed by atoms with van der Waals surface area (Å²) in [6.45, 7) is 8.90. The van der Waals surface area contributed by atoms with Gasteiger partial charge in [-0.1, -0.05) is 13.8 Å². The molecule has 1 aromatic carbocycles. The molecule has 0 saturated carbocycles. The Morgan fingerprint density at radius 2 is 1.59 bits per heavy atom. The van der Waals surface area contributed by atoms with Crippen molar-refractivity contribution in [3.63, 3.8) is 0 Å². The third kappa shape index (κ3) is 6.08. The van der Waals surface area contributed by atoms with Crippen LogP contribution in [0.5, 0.6) is 0 Å². The zero-order chi connectivity index (χ0) is 26.6. The molecule has 11 heteroatoms. The topological polar surface area (TPSA) is 61.3 Å². The van der Waals surface area contributed by atoms with E-state index in [0.717, 1.165) is 32.0 Å². The summed E-state index contributed by atoms with van der Waals surface area (Å²) in [5.41, 5.74) is 0.428. The lowest BCUT2D eigenvalue weighted by Crippen LogP contribution is -2.48. The van der Waals surface area contributed by atoms with Crippen LogP contribution in [-0.4, -0.2) is 59.2 Å². The molecular weight excluding hydrogens is 486 g/mol. The summed E-state index contributed by atoms with van der Waals surface area (Å²) in [5.74, 6) is 1.06. The summed E-state index contributed by atoms with van der Waals surface area (Å²) in [7, 11) is 0. The van der Waals surface area contributed by atoms with E-state index in [4.69, 9.17) is 15.0 Å². The van der Waals surface area contributed by atoms with E-state index in [9.17, 15) is 17.6 Å². The molecule has 1 saturated heterocycles. The lowest BCUT2D eigenvalue weighted by molar-refractivity contribution is -0.137. The fourth-order valence-corrected chi connectivity index (χ4v) is 4.39. The van der Waals surface area contributed by atoms with Crippen LogP contribution in [0.4, 0.5) is 35.3 Å². The molecule has 0 unspecified atom stereocenters. The van der Waals surface area contributed by atoms with Crippen molar-refractivity contribution in [3.8, 4) is 11.4 Å². The van der Waals surface area contributed by atoms with Gasteiger partial charge in [0.05, 0.1) is 5.56 Å². The molecule has 1 fully saturated rings. The molecule has 0 aliphatic carbocycles. The molecular formula is C26H31F4N7. The molecule has 4 rings (SSSR count). The Kier molecular flexibility index (Phi) is 8.09. The third-order valence-electron chi connectivity index (χ3n) is 6.25. The Morgan fingerprint density at radius 1 is 0.919 bits per heavy atom. The first-order valence-electron chi connectivity index (χ1n) is 12.5. The summed E-state index contributed by atoms with van der Waals surface area (Å²) in [4.78, 5) is 23.9. The zero-order valence-electron chi connectivity index (χ0n) is 21.3. The van der Waals surface area contributed by atoms with Crippen LogP contribution in [0, 0.1) is 12.7 Å². The second-order valence-electron chi connectivity index (χ2n) is 9.06. The van der Waals surface area contributed by atoms with Crippen molar-refractivity contribution in [3.05, 3.63) is 53.5 Å². The molecule has 37 heavy (non-hydrogen) atoms. The molecule has 0 spiro atoms. The van der Waals surface area contributed by atoms with Crippen LogP contribution in [0.25, 0.3) is 11.4 Å². The number of aromatic nitrogens is 4. The van der Waals surface area contributed by atoms with Crippen molar-refractivity contribution in [1.29, 1.82) is 0 Å². The summed E-state index contributed by atoms with van der Waals surface area (Å²) >= 11 is 0. The molecule has 3 aromatic rings. The Labute approximate surface area is 214 Å². The summed E-state index contributed by atoms with van der Waals surface area (Å²) in [5, 5.41) is 0. The van der Waals surface area contributed by atoms with Crippen LogP contribution in [-0.2, 0) is 6.18 Å². The number of rotatable bonds is 8. The van der Waals surface area contributed by atoms with Gasteiger partial charge >= 0.3 is 6.18 Å². The Balaban J connectivity index is 1.64. The van der Waals surface area contributed by atoms with E-state index in [1.165, 1.54) is 18.3 Å². The number of alkyl halides is 3. The number of hydrogen-bond donors (Lipinski definition) is 0. The molecule has 0 radical (unpaired) electrons. The largest absolute Gasteiger partial charge is 0.419 e. The van der Waals surface area contributed by atoms with Crippen LogP contribution in [0.15, 0.2) is 36.5 Å².